The van der Waals surface area contributed by atoms with Crippen LogP contribution in [0.15, 0.2) is 71.8 Å². The lowest BCUT2D eigenvalue weighted by Gasteiger charge is -2.25. The van der Waals surface area contributed by atoms with E-state index in [9.17, 15) is 32.7 Å². The Balaban J connectivity index is 1.98. The minimum Gasteiger partial charge on any atom is -0.513 e. The molecule has 0 fully saturated rings. The van der Waals surface area contributed by atoms with Gasteiger partial charge in [0.25, 0.3) is 0 Å². The van der Waals surface area contributed by atoms with E-state index in [1.54, 1.807) is 24.3 Å². The Labute approximate surface area is 208 Å². The minimum atomic E-state index is -4.15. The molecule has 3 rings (SSSR count). The number of fused-ring (bicyclic) bond motifs is 1. The monoisotopic (exact) mass is 514 g/mol. The van der Waals surface area contributed by atoms with Crippen molar-refractivity contribution in [3.8, 4) is 0 Å². The predicted molar refractivity (Wildman–Crippen MR) is 132 cm³/mol. The number of rotatable bonds is 9. The van der Waals surface area contributed by atoms with Crippen molar-refractivity contribution in [1.29, 1.82) is 0 Å². The number of carbonyl (C=O) groups excluding carboxylic acids is 4. The van der Waals surface area contributed by atoms with Crippen molar-refractivity contribution in [3.05, 3.63) is 66.9 Å². The van der Waals surface area contributed by atoms with E-state index in [4.69, 9.17) is 0 Å². The first-order valence-electron chi connectivity index (χ1n) is 10.9. The number of hydrogen-bond acceptors (Lipinski definition) is 7. The molecule has 36 heavy (non-hydrogen) atoms. The van der Waals surface area contributed by atoms with E-state index >= 15 is 0 Å². The number of anilines is 2. The maximum atomic E-state index is 13.6. The van der Waals surface area contributed by atoms with Crippen LogP contribution >= 0.6 is 0 Å². The van der Waals surface area contributed by atoms with Gasteiger partial charge in [0.05, 0.1) is 34.6 Å². The summed E-state index contributed by atoms with van der Waals surface area (Å²) >= 11 is 0. The summed E-state index contributed by atoms with van der Waals surface area (Å²) in [6.07, 6.45) is 0.211. The molecule has 2 aromatic carbocycles. The third-order valence-corrected chi connectivity index (χ3v) is 6.88. The van der Waals surface area contributed by atoms with Crippen LogP contribution in [0.2, 0.25) is 0 Å². The Morgan fingerprint density at radius 2 is 1.75 bits per heavy atom. The summed E-state index contributed by atoms with van der Waals surface area (Å²) in [4.78, 5) is 52.4. The molecule has 0 unspecified atom stereocenters. The Morgan fingerprint density at radius 1 is 1.14 bits per heavy atom. The molecular formula is C24H26N4O7S. The van der Waals surface area contributed by atoms with Gasteiger partial charge in [-0.25, -0.2) is 8.42 Å². The highest BCUT2D eigenvalue weighted by Crippen LogP contribution is 2.33. The zero-order valence-electron chi connectivity index (χ0n) is 19.5. The van der Waals surface area contributed by atoms with Crippen LogP contribution in [0.25, 0.3) is 0 Å². The smallest absolute Gasteiger partial charge is 0.247 e. The maximum absolute atomic E-state index is 13.6. The van der Waals surface area contributed by atoms with E-state index in [2.05, 4.69) is 16.6 Å². The van der Waals surface area contributed by atoms with Crippen LogP contribution in [0, 0.1) is 0 Å². The van der Waals surface area contributed by atoms with Crippen LogP contribution in [0.1, 0.15) is 13.3 Å². The number of aliphatic hydroxyl groups excluding tert-OH is 1. The first kappa shape index (κ1) is 26.6. The topological polar surface area (TPSA) is 153 Å². The fourth-order valence-corrected chi connectivity index (χ4v) is 4.97. The average molecular weight is 515 g/mol. The summed E-state index contributed by atoms with van der Waals surface area (Å²) in [6, 6.07) is 11.3. The molecule has 1 aliphatic rings. The Kier molecular flexibility index (Phi) is 8.22. The summed E-state index contributed by atoms with van der Waals surface area (Å²) in [7, 11) is -4.15. The van der Waals surface area contributed by atoms with Crippen molar-refractivity contribution in [2.24, 2.45) is 0 Å². The molecule has 1 aliphatic heterocycles. The summed E-state index contributed by atoms with van der Waals surface area (Å²) in [5, 5.41) is 11.7. The van der Waals surface area contributed by atoms with Crippen molar-refractivity contribution in [3.63, 3.8) is 0 Å². The van der Waals surface area contributed by atoms with Crippen LogP contribution in [0.3, 0.4) is 0 Å². The van der Waals surface area contributed by atoms with Crippen molar-refractivity contribution >= 4 is 45.4 Å². The Morgan fingerprint density at radius 3 is 2.33 bits per heavy atom. The predicted octanol–water partition coefficient (Wildman–Crippen LogP) is 0.879. The van der Waals surface area contributed by atoms with Crippen LogP contribution in [-0.4, -0.2) is 62.7 Å². The Bertz CT molecular complexity index is 1280. The van der Waals surface area contributed by atoms with Gasteiger partial charge >= 0.3 is 0 Å². The summed E-state index contributed by atoms with van der Waals surface area (Å²) in [5.41, 5.74) is 0.520. The quantitative estimate of drug-likeness (QED) is 0.332. The Hall–Kier alpha value is -4.03. The minimum absolute atomic E-state index is 0.0729. The van der Waals surface area contributed by atoms with Crippen molar-refractivity contribution < 1.29 is 32.7 Å². The number of aliphatic hydroxyl groups is 1. The number of amides is 3. The normalized spacial score (nSPS) is 16.5. The molecule has 2 atom stereocenters. The number of hydrogen-bond donors (Lipinski definition) is 3. The van der Waals surface area contributed by atoms with Gasteiger partial charge in [-0.2, -0.15) is 4.72 Å². The number of para-hydroxylation sites is 2. The lowest BCUT2D eigenvalue weighted by Crippen LogP contribution is -2.54. The summed E-state index contributed by atoms with van der Waals surface area (Å²) in [6.45, 7) is 3.69. The van der Waals surface area contributed by atoms with Gasteiger partial charge in [0.2, 0.25) is 27.7 Å². The zero-order valence-corrected chi connectivity index (χ0v) is 20.3. The van der Waals surface area contributed by atoms with Crippen LogP contribution < -0.4 is 19.8 Å². The number of nitrogens with zero attached hydrogens (tertiary/aromatic N) is 2. The maximum Gasteiger partial charge on any atom is 0.247 e. The van der Waals surface area contributed by atoms with Crippen LogP contribution in [0.5, 0.6) is 0 Å². The standard InChI is InChI=1S/C24H26N4O7S/c1-16(30)12-18(15-29)25-23(32)14-28-22-11-7-6-10-21(22)27(17(2)31)13-20(24(28)33)26-36(34,35)19-8-4-3-5-9-19/h3-11,15,18,20,26,30H,1,12-14H2,2H3,(H,25,32)/t18-,20-/m0/s1. The molecule has 0 radical (unpaired) electrons. The van der Waals surface area contributed by atoms with Gasteiger partial charge in [0, 0.05) is 13.3 Å². The second kappa shape index (κ2) is 11.1. The third kappa shape index (κ3) is 6.15. The molecule has 0 aliphatic carbocycles. The molecule has 0 spiro atoms. The molecule has 11 nitrogen and oxygen atoms in total. The highest BCUT2D eigenvalue weighted by atomic mass is 32.2. The molecule has 1 heterocycles. The molecule has 12 heteroatoms. The number of aldehydes is 1. The largest absolute Gasteiger partial charge is 0.513 e. The second-order valence-corrected chi connectivity index (χ2v) is 9.82. The first-order chi connectivity index (χ1) is 17.0. The molecular weight excluding hydrogens is 488 g/mol. The lowest BCUT2D eigenvalue weighted by atomic mass is 10.2. The first-order valence-corrected chi connectivity index (χ1v) is 12.4. The highest BCUT2D eigenvalue weighted by Gasteiger charge is 2.38. The van der Waals surface area contributed by atoms with Crippen LogP contribution in [0.4, 0.5) is 11.4 Å². The van der Waals surface area contributed by atoms with E-state index in [1.807, 2.05) is 0 Å². The lowest BCUT2D eigenvalue weighted by molar-refractivity contribution is -0.125. The fourth-order valence-electron chi connectivity index (χ4n) is 3.77. The van der Waals surface area contributed by atoms with E-state index < -0.39 is 46.4 Å². The molecule has 3 N–H and O–H groups in total. The van der Waals surface area contributed by atoms with Gasteiger partial charge in [-0.15, -0.1) is 0 Å². The van der Waals surface area contributed by atoms with Crippen LogP contribution in [-0.2, 0) is 29.2 Å². The van der Waals surface area contributed by atoms with Gasteiger partial charge in [-0.3, -0.25) is 19.3 Å². The van der Waals surface area contributed by atoms with Crippen molar-refractivity contribution in [2.75, 3.05) is 22.9 Å². The molecule has 3 amide bonds. The summed E-state index contributed by atoms with van der Waals surface area (Å²) < 4.78 is 28.3. The van der Waals surface area contributed by atoms with E-state index in [-0.39, 0.29) is 29.3 Å². The molecule has 2 aromatic rings. The average Bonchev–Trinajstić information content (AvgIpc) is 2.94. The van der Waals surface area contributed by atoms with Gasteiger partial charge in [-0.05, 0) is 24.3 Å². The molecule has 0 saturated heterocycles. The summed E-state index contributed by atoms with van der Waals surface area (Å²) in [5.74, 6) is -2.25. The molecule has 0 saturated carbocycles. The van der Waals surface area contributed by atoms with Crippen molar-refractivity contribution in [2.45, 2.75) is 30.3 Å². The van der Waals surface area contributed by atoms with Crippen molar-refractivity contribution in [1.82, 2.24) is 10.0 Å². The van der Waals surface area contributed by atoms with E-state index in [0.717, 1.165) is 4.90 Å². The molecule has 0 aromatic heterocycles. The number of sulfonamides is 1. The SMILES string of the molecule is C=C(O)C[C@@H](C=O)NC(=O)CN1C(=O)[C@@H](NS(=O)(=O)c2ccccc2)CN(C(C)=O)c2ccccc21. The fraction of sp³-hybridized carbons (Fsp3) is 0.250. The second-order valence-electron chi connectivity index (χ2n) is 8.11. The number of nitrogens with one attached hydrogen (secondary N) is 2. The molecule has 0 bridgehead atoms. The van der Waals surface area contributed by atoms with E-state index in [0.29, 0.717) is 12.0 Å². The van der Waals surface area contributed by atoms with Gasteiger partial charge in [0.1, 0.15) is 18.9 Å². The van der Waals surface area contributed by atoms with Gasteiger partial charge < -0.3 is 20.1 Å². The third-order valence-electron chi connectivity index (χ3n) is 5.39. The zero-order chi connectivity index (χ0) is 26.5. The van der Waals surface area contributed by atoms with Gasteiger partial charge in [0.15, 0.2) is 0 Å². The molecule has 190 valence electrons. The number of carbonyl (C=O) groups is 4. The number of benzene rings is 2. The van der Waals surface area contributed by atoms with E-state index in [1.165, 1.54) is 42.2 Å². The van der Waals surface area contributed by atoms with Gasteiger partial charge in [-0.1, -0.05) is 36.9 Å². The highest BCUT2D eigenvalue weighted by molar-refractivity contribution is 7.89.